The lowest BCUT2D eigenvalue weighted by molar-refractivity contribution is -0.118. The van der Waals surface area contributed by atoms with Gasteiger partial charge in [-0.2, -0.15) is 0 Å². The topological polar surface area (TPSA) is 78.7 Å². The molecule has 6 nitrogen and oxygen atoms in total. The molecule has 0 unspecified atom stereocenters. The molecule has 33 heavy (non-hydrogen) atoms. The number of nitrogens with one attached hydrogen (secondary N) is 1. The first kappa shape index (κ1) is 23.0. The zero-order valence-corrected chi connectivity index (χ0v) is 18.6. The average Bonchev–Trinajstić information content (AvgIpc) is 2.81. The Morgan fingerprint density at radius 2 is 1.76 bits per heavy atom. The molecule has 2 aromatic rings. The Kier molecular flexibility index (Phi) is 6.81. The van der Waals surface area contributed by atoms with E-state index in [0.717, 1.165) is 22.4 Å². The highest BCUT2D eigenvalue weighted by Gasteiger charge is 2.35. The van der Waals surface area contributed by atoms with Gasteiger partial charge in [0.05, 0.1) is 6.04 Å². The lowest BCUT2D eigenvalue weighted by Gasteiger charge is -2.37. The van der Waals surface area contributed by atoms with Crippen LogP contribution in [-0.4, -0.2) is 42.4 Å². The molecule has 4 rings (SSSR count). The third-order valence-electron chi connectivity index (χ3n) is 6.54. The van der Waals surface area contributed by atoms with Gasteiger partial charge in [0.25, 0.3) is 5.92 Å². The van der Waals surface area contributed by atoms with E-state index in [-0.39, 0.29) is 31.3 Å². The van der Waals surface area contributed by atoms with Gasteiger partial charge in [0.1, 0.15) is 0 Å². The first-order chi connectivity index (χ1) is 15.8. The summed E-state index contributed by atoms with van der Waals surface area (Å²) in [6.07, 6.45) is 1.03. The number of fused-ring (bicyclic) bond motifs is 1. The first-order valence-electron chi connectivity index (χ1n) is 11.4. The summed E-state index contributed by atoms with van der Waals surface area (Å²) in [4.78, 5) is 28.2. The molecular formula is C25H30F2N4O2. The second-order valence-electron chi connectivity index (χ2n) is 8.85. The number of primary amides is 1. The van der Waals surface area contributed by atoms with E-state index in [1.54, 1.807) is 4.90 Å². The number of nitrogens with two attached hydrogens (primary N) is 1. The van der Waals surface area contributed by atoms with Gasteiger partial charge in [0.2, 0.25) is 5.91 Å². The summed E-state index contributed by atoms with van der Waals surface area (Å²) in [7, 11) is 0. The zero-order chi connectivity index (χ0) is 23.4. The third kappa shape index (κ3) is 5.61. The molecule has 2 aliphatic heterocycles. The highest BCUT2D eigenvalue weighted by atomic mass is 19.3. The highest BCUT2D eigenvalue weighted by Crippen LogP contribution is 2.34. The van der Waals surface area contributed by atoms with Crippen LogP contribution in [0.4, 0.5) is 19.3 Å². The summed E-state index contributed by atoms with van der Waals surface area (Å²) in [6, 6.07) is 15.0. The molecule has 1 fully saturated rings. The largest absolute Gasteiger partial charge is 0.371 e. The van der Waals surface area contributed by atoms with Gasteiger partial charge in [-0.05, 0) is 35.6 Å². The van der Waals surface area contributed by atoms with Gasteiger partial charge in [-0.25, -0.2) is 13.6 Å². The van der Waals surface area contributed by atoms with E-state index in [1.165, 1.54) is 0 Å². The van der Waals surface area contributed by atoms with Gasteiger partial charge in [-0.15, -0.1) is 0 Å². The van der Waals surface area contributed by atoms with E-state index in [9.17, 15) is 18.4 Å². The van der Waals surface area contributed by atoms with Crippen LogP contribution in [0.1, 0.15) is 48.4 Å². The van der Waals surface area contributed by atoms with Crippen LogP contribution >= 0.6 is 0 Å². The maximum Gasteiger partial charge on any atom is 0.318 e. The summed E-state index contributed by atoms with van der Waals surface area (Å²) < 4.78 is 27.2. The van der Waals surface area contributed by atoms with Gasteiger partial charge < -0.3 is 20.9 Å². The molecular weight excluding hydrogens is 426 g/mol. The Balaban J connectivity index is 1.45. The fourth-order valence-corrected chi connectivity index (χ4v) is 4.67. The molecule has 176 valence electrons. The molecule has 0 radical (unpaired) electrons. The minimum atomic E-state index is -2.58. The molecule has 3 amide bonds. The average molecular weight is 457 g/mol. The van der Waals surface area contributed by atoms with Crippen LogP contribution in [-0.2, 0) is 17.8 Å². The van der Waals surface area contributed by atoms with Crippen molar-refractivity contribution in [2.45, 2.75) is 50.6 Å². The van der Waals surface area contributed by atoms with Gasteiger partial charge >= 0.3 is 6.03 Å². The molecule has 2 aliphatic rings. The minimum Gasteiger partial charge on any atom is -0.371 e. The summed E-state index contributed by atoms with van der Waals surface area (Å²) >= 11 is 0. The summed E-state index contributed by atoms with van der Waals surface area (Å²) in [5.74, 6) is -2.98. The quantitative estimate of drug-likeness (QED) is 0.690. The van der Waals surface area contributed by atoms with E-state index in [2.05, 4.69) is 5.32 Å². The number of halogens is 2. The summed E-state index contributed by atoms with van der Waals surface area (Å²) in [6.45, 7) is 1.67. The fourth-order valence-electron chi connectivity index (χ4n) is 4.67. The number of alkyl halides is 2. The fraction of sp³-hybridized carbons (Fsp3) is 0.440. The number of carbonyl (C=O) groups is 2. The van der Waals surface area contributed by atoms with Gasteiger partial charge in [0.15, 0.2) is 0 Å². The summed E-state index contributed by atoms with van der Waals surface area (Å²) in [5.41, 5.74) is 9.44. The van der Waals surface area contributed by atoms with Crippen LogP contribution in [0.2, 0.25) is 0 Å². The third-order valence-corrected chi connectivity index (χ3v) is 6.54. The molecule has 2 heterocycles. The van der Waals surface area contributed by atoms with E-state index >= 15 is 0 Å². The highest BCUT2D eigenvalue weighted by molar-refractivity contribution is 5.76. The SMILES string of the molecule is NC(=O)CC[C@H](NC(=O)N1CCc2c(cccc2N2CCC(F)(F)CC2)C1)c1ccccc1. The van der Waals surface area contributed by atoms with Crippen molar-refractivity contribution in [3.63, 3.8) is 0 Å². The number of anilines is 1. The first-order valence-corrected chi connectivity index (χ1v) is 11.4. The number of hydrogen-bond acceptors (Lipinski definition) is 3. The normalized spacial score (nSPS) is 18.4. The molecule has 0 aliphatic carbocycles. The Hall–Kier alpha value is -3.16. The number of hydrogen-bond donors (Lipinski definition) is 2. The van der Waals surface area contributed by atoms with Crippen molar-refractivity contribution >= 4 is 17.6 Å². The van der Waals surface area contributed by atoms with Crippen molar-refractivity contribution in [3.05, 3.63) is 65.2 Å². The maximum absolute atomic E-state index is 13.6. The van der Waals surface area contributed by atoms with E-state index in [0.29, 0.717) is 39.0 Å². The number of benzene rings is 2. The van der Waals surface area contributed by atoms with Crippen LogP contribution in [0.5, 0.6) is 0 Å². The van der Waals surface area contributed by atoms with Crippen LogP contribution in [0.25, 0.3) is 0 Å². The molecule has 2 aromatic carbocycles. The number of carbonyl (C=O) groups excluding carboxylic acids is 2. The number of rotatable bonds is 6. The molecule has 8 heteroatoms. The van der Waals surface area contributed by atoms with Crippen molar-refractivity contribution in [1.82, 2.24) is 10.2 Å². The second-order valence-corrected chi connectivity index (χ2v) is 8.85. The molecule has 0 spiro atoms. The smallest absolute Gasteiger partial charge is 0.318 e. The lowest BCUT2D eigenvalue weighted by Crippen LogP contribution is -2.45. The van der Waals surface area contributed by atoms with E-state index in [1.807, 2.05) is 53.4 Å². The van der Waals surface area contributed by atoms with Crippen LogP contribution in [0.15, 0.2) is 48.5 Å². The van der Waals surface area contributed by atoms with Gasteiger partial charge in [-0.3, -0.25) is 4.79 Å². The number of nitrogens with zero attached hydrogens (tertiary/aromatic N) is 2. The standard InChI is InChI=1S/C25H30F2N4O2/c26-25(27)12-15-30(16-13-25)22-8-4-7-19-17-31(14-11-20(19)22)24(33)29-21(9-10-23(28)32)18-5-2-1-3-6-18/h1-8,21H,9-17H2,(H2,28,32)(H,29,33)/t21-/m0/s1. The van der Waals surface area contributed by atoms with Crippen molar-refractivity contribution < 1.29 is 18.4 Å². The predicted octanol–water partition coefficient (Wildman–Crippen LogP) is 4.00. The Morgan fingerprint density at radius 3 is 2.45 bits per heavy atom. The van der Waals surface area contributed by atoms with E-state index in [4.69, 9.17) is 5.73 Å². The van der Waals surface area contributed by atoms with Crippen molar-refractivity contribution in [3.8, 4) is 0 Å². The van der Waals surface area contributed by atoms with Gasteiger partial charge in [-0.1, -0.05) is 42.5 Å². The predicted molar refractivity (Wildman–Crippen MR) is 123 cm³/mol. The molecule has 1 atom stereocenters. The van der Waals surface area contributed by atoms with Crippen LogP contribution in [0, 0.1) is 0 Å². The van der Waals surface area contributed by atoms with E-state index < -0.39 is 11.8 Å². The number of urea groups is 1. The second kappa shape index (κ2) is 9.77. The molecule has 0 bridgehead atoms. The Morgan fingerprint density at radius 1 is 1.03 bits per heavy atom. The van der Waals surface area contributed by atoms with Crippen molar-refractivity contribution in [2.75, 3.05) is 24.5 Å². The van der Waals surface area contributed by atoms with Crippen molar-refractivity contribution in [2.24, 2.45) is 5.73 Å². The van der Waals surface area contributed by atoms with Gasteiger partial charge in [0, 0.05) is 51.1 Å². The molecule has 1 saturated heterocycles. The monoisotopic (exact) mass is 456 g/mol. The molecule has 0 aromatic heterocycles. The zero-order valence-electron chi connectivity index (χ0n) is 18.6. The lowest BCUT2D eigenvalue weighted by atomic mass is 9.95. The minimum absolute atomic E-state index is 0.128. The summed E-state index contributed by atoms with van der Waals surface area (Å²) in [5, 5.41) is 3.06. The Bertz CT molecular complexity index is 989. The number of piperidine rings is 1. The molecule has 0 saturated carbocycles. The number of amides is 3. The molecule has 3 N–H and O–H groups in total. The van der Waals surface area contributed by atoms with Crippen LogP contribution in [0.3, 0.4) is 0 Å². The Labute approximate surface area is 192 Å². The maximum atomic E-state index is 13.6. The van der Waals surface area contributed by atoms with Crippen LogP contribution < -0.4 is 16.0 Å². The van der Waals surface area contributed by atoms with Crippen molar-refractivity contribution in [1.29, 1.82) is 0 Å².